The first-order chi connectivity index (χ1) is 17.2. The SMILES string of the molecule is CCCCCCCCCCOP(=O)(OCCCCCCCCCC)OCCCCCCCCCC.[H-].[Na+]. The largest absolute Gasteiger partial charge is 1.00 e. The van der Waals surface area contributed by atoms with Gasteiger partial charge in [-0.2, -0.15) is 0 Å². The minimum absolute atomic E-state index is 0. The number of hydrogen-bond acceptors (Lipinski definition) is 4. The van der Waals surface area contributed by atoms with Crippen LogP contribution in [0.25, 0.3) is 0 Å². The van der Waals surface area contributed by atoms with Gasteiger partial charge in [-0.15, -0.1) is 0 Å². The third-order valence-electron chi connectivity index (χ3n) is 6.74. The molecule has 6 heteroatoms. The normalized spacial score (nSPS) is 11.6. The summed E-state index contributed by atoms with van der Waals surface area (Å²) < 4.78 is 30.4. The fraction of sp³-hybridized carbons (Fsp3) is 1.00. The summed E-state index contributed by atoms with van der Waals surface area (Å²) in [5.41, 5.74) is 0. The van der Waals surface area contributed by atoms with Crippen LogP contribution in [-0.4, -0.2) is 19.8 Å². The Morgan fingerprint density at radius 2 is 0.583 bits per heavy atom. The molecule has 0 rings (SSSR count). The smallest absolute Gasteiger partial charge is 1.00 e. The molecule has 0 saturated heterocycles. The summed E-state index contributed by atoms with van der Waals surface area (Å²) in [4.78, 5) is 0. The average molecular weight is 543 g/mol. The number of unbranched alkanes of at least 4 members (excludes halogenated alkanes) is 21. The topological polar surface area (TPSA) is 44.8 Å². The van der Waals surface area contributed by atoms with Crippen LogP contribution in [-0.2, 0) is 18.1 Å². The van der Waals surface area contributed by atoms with Gasteiger partial charge in [-0.25, -0.2) is 4.57 Å². The molecule has 0 aliphatic carbocycles. The second-order valence-corrected chi connectivity index (χ2v) is 12.0. The van der Waals surface area contributed by atoms with Crippen LogP contribution < -0.4 is 29.6 Å². The van der Waals surface area contributed by atoms with E-state index >= 15 is 0 Å². The zero-order chi connectivity index (χ0) is 25.7. The van der Waals surface area contributed by atoms with Crippen LogP contribution in [0.2, 0.25) is 0 Å². The predicted molar refractivity (Wildman–Crippen MR) is 154 cm³/mol. The Balaban J connectivity index is -0.00000578. The van der Waals surface area contributed by atoms with Crippen molar-refractivity contribution in [2.75, 3.05) is 19.8 Å². The first-order valence-corrected chi connectivity index (χ1v) is 17.2. The first kappa shape index (κ1) is 39.3. The molecule has 214 valence electrons. The van der Waals surface area contributed by atoms with E-state index in [1.165, 1.54) is 116 Å². The summed E-state index contributed by atoms with van der Waals surface area (Å²) in [6.45, 7) is 8.18. The van der Waals surface area contributed by atoms with Crippen LogP contribution >= 0.6 is 7.82 Å². The van der Waals surface area contributed by atoms with Gasteiger partial charge in [0.1, 0.15) is 0 Å². The summed E-state index contributed by atoms with van der Waals surface area (Å²) in [7, 11) is -3.43. The van der Waals surface area contributed by atoms with Crippen molar-refractivity contribution in [3.05, 3.63) is 0 Å². The monoisotopic (exact) mass is 542 g/mol. The van der Waals surface area contributed by atoms with Gasteiger partial charge in [0.25, 0.3) is 0 Å². The molecule has 36 heavy (non-hydrogen) atoms. The molecule has 0 aromatic heterocycles. The van der Waals surface area contributed by atoms with Crippen molar-refractivity contribution in [3.8, 4) is 0 Å². The molecule has 0 atom stereocenters. The molecular formula is C30H64NaO4P. The van der Waals surface area contributed by atoms with E-state index in [1.54, 1.807) is 0 Å². The molecule has 0 fully saturated rings. The molecule has 0 aliphatic rings. The molecule has 0 aromatic rings. The fourth-order valence-corrected chi connectivity index (χ4v) is 5.63. The average Bonchev–Trinajstić information content (AvgIpc) is 2.86. The Hall–Kier alpha value is 1.11. The van der Waals surface area contributed by atoms with Crippen LogP contribution in [0.1, 0.15) is 176 Å². The molecule has 0 amide bonds. The summed E-state index contributed by atoms with van der Waals surface area (Å²) in [5, 5.41) is 0. The van der Waals surface area contributed by atoms with Crippen LogP contribution in [0.3, 0.4) is 0 Å². The van der Waals surface area contributed by atoms with Gasteiger partial charge in [0.05, 0.1) is 19.8 Å². The molecule has 0 unspecified atom stereocenters. The number of hydrogen-bond donors (Lipinski definition) is 0. The third-order valence-corrected chi connectivity index (χ3v) is 8.24. The summed E-state index contributed by atoms with van der Waals surface area (Å²) in [6.07, 6.45) is 29.7. The molecule has 0 spiro atoms. The Morgan fingerprint density at radius 1 is 0.389 bits per heavy atom. The minimum Gasteiger partial charge on any atom is -1.00 e. The maximum absolute atomic E-state index is 13.2. The van der Waals surface area contributed by atoms with Gasteiger partial charge < -0.3 is 1.43 Å². The van der Waals surface area contributed by atoms with Gasteiger partial charge in [0.2, 0.25) is 0 Å². The van der Waals surface area contributed by atoms with Crippen LogP contribution in [0.15, 0.2) is 0 Å². The molecule has 0 aliphatic heterocycles. The molecule has 0 heterocycles. The van der Waals surface area contributed by atoms with Gasteiger partial charge in [-0.1, -0.05) is 156 Å². The van der Waals surface area contributed by atoms with E-state index in [9.17, 15) is 4.57 Å². The van der Waals surface area contributed by atoms with Crippen LogP contribution in [0.5, 0.6) is 0 Å². The van der Waals surface area contributed by atoms with Gasteiger partial charge in [0, 0.05) is 0 Å². The minimum atomic E-state index is -3.43. The van der Waals surface area contributed by atoms with Gasteiger partial charge in [-0.3, -0.25) is 13.6 Å². The number of phosphoric acid groups is 1. The number of rotatable bonds is 30. The molecule has 0 N–H and O–H groups in total. The van der Waals surface area contributed by atoms with Crippen molar-refractivity contribution in [1.82, 2.24) is 0 Å². The second kappa shape index (κ2) is 32.3. The standard InChI is InChI=1S/C30H63O4P.Na.H/c1-4-7-10-13-16-19-22-25-28-32-35(31,33-29-26-23-20-17-14-11-8-5-2)34-30-27-24-21-18-15-12-9-6-3;;/h4-30H2,1-3H3;;/q;+1;-1. The Bertz CT molecular complexity index is 395. The maximum atomic E-state index is 13.2. The number of phosphoric ester groups is 1. The third kappa shape index (κ3) is 29.7. The van der Waals surface area contributed by atoms with E-state index in [2.05, 4.69) is 20.8 Å². The predicted octanol–water partition coefficient (Wildman–Crippen LogP) is 8.68. The quantitative estimate of drug-likeness (QED) is 0.0517. The molecule has 0 bridgehead atoms. The summed E-state index contributed by atoms with van der Waals surface area (Å²) in [5.74, 6) is 0. The van der Waals surface area contributed by atoms with Crippen molar-refractivity contribution in [1.29, 1.82) is 0 Å². The summed E-state index contributed by atoms with van der Waals surface area (Å²) >= 11 is 0. The molecular weight excluding hydrogens is 478 g/mol. The van der Waals surface area contributed by atoms with E-state index in [0.29, 0.717) is 19.8 Å². The van der Waals surface area contributed by atoms with Crippen molar-refractivity contribution in [3.63, 3.8) is 0 Å². The Kier molecular flexibility index (Phi) is 35.2. The Labute approximate surface area is 250 Å². The van der Waals surface area contributed by atoms with E-state index in [-0.39, 0.29) is 31.0 Å². The zero-order valence-corrected chi connectivity index (χ0v) is 28.1. The van der Waals surface area contributed by atoms with Crippen molar-refractivity contribution in [2.45, 2.75) is 175 Å². The first-order valence-electron chi connectivity index (χ1n) is 15.7. The molecule has 0 radical (unpaired) electrons. The van der Waals surface area contributed by atoms with Gasteiger partial charge in [-0.05, 0) is 19.3 Å². The van der Waals surface area contributed by atoms with Crippen molar-refractivity contribution < 1.29 is 49.1 Å². The van der Waals surface area contributed by atoms with Crippen molar-refractivity contribution >= 4 is 7.82 Å². The van der Waals surface area contributed by atoms with Gasteiger partial charge >= 0.3 is 37.4 Å². The van der Waals surface area contributed by atoms with E-state index < -0.39 is 7.82 Å². The molecule has 0 saturated carbocycles. The van der Waals surface area contributed by atoms with E-state index in [0.717, 1.165) is 38.5 Å². The van der Waals surface area contributed by atoms with Crippen LogP contribution in [0, 0.1) is 0 Å². The zero-order valence-electron chi connectivity index (χ0n) is 26.2. The van der Waals surface area contributed by atoms with E-state index in [1.807, 2.05) is 0 Å². The summed E-state index contributed by atoms with van der Waals surface area (Å²) in [6, 6.07) is 0. The second-order valence-electron chi connectivity index (χ2n) is 10.4. The van der Waals surface area contributed by atoms with E-state index in [4.69, 9.17) is 13.6 Å². The molecule has 4 nitrogen and oxygen atoms in total. The molecule has 0 aromatic carbocycles. The Morgan fingerprint density at radius 3 is 0.806 bits per heavy atom. The fourth-order valence-electron chi connectivity index (χ4n) is 4.35. The van der Waals surface area contributed by atoms with Crippen LogP contribution in [0.4, 0.5) is 0 Å². The van der Waals surface area contributed by atoms with Gasteiger partial charge in [0.15, 0.2) is 0 Å². The maximum Gasteiger partial charge on any atom is 1.00 e. The van der Waals surface area contributed by atoms with Crippen molar-refractivity contribution in [2.24, 2.45) is 0 Å².